The summed E-state index contributed by atoms with van der Waals surface area (Å²) in [5, 5.41) is 0. The molecule has 3 aromatic rings. The maximum atomic E-state index is 13.0. The Morgan fingerprint density at radius 1 is 0.694 bits per heavy atom. The molecule has 0 aromatic heterocycles. The van der Waals surface area contributed by atoms with Crippen molar-refractivity contribution in [1.82, 2.24) is 0 Å². The number of fused-ring (bicyclic) bond motifs is 5. The lowest BCUT2D eigenvalue weighted by atomic mass is 9.81. The van der Waals surface area contributed by atoms with Crippen LogP contribution in [0.15, 0.2) is 78.9 Å². The lowest BCUT2D eigenvalue weighted by Gasteiger charge is -2.19. The van der Waals surface area contributed by atoms with Gasteiger partial charge in [-0.1, -0.05) is 30.3 Å². The number of imide groups is 1. The van der Waals surface area contributed by atoms with Gasteiger partial charge in [0.05, 0.1) is 23.1 Å². The number of ether oxygens (including phenoxy) is 2. The number of anilines is 1. The number of hydrogen-bond donors (Lipinski definition) is 0. The van der Waals surface area contributed by atoms with E-state index in [1.54, 1.807) is 48.5 Å². The summed E-state index contributed by atoms with van der Waals surface area (Å²) < 4.78 is 10.9. The van der Waals surface area contributed by atoms with Gasteiger partial charge in [0, 0.05) is 0 Å². The molecule has 36 heavy (non-hydrogen) atoms. The Morgan fingerprint density at radius 3 is 1.97 bits per heavy atom. The Labute approximate surface area is 207 Å². The Kier molecular flexibility index (Phi) is 5.40. The monoisotopic (exact) mass is 481 g/mol. The van der Waals surface area contributed by atoms with E-state index in [9.17, 15) is 19.2 Å². The molecular formula is C29H23NO6. The molecular weight excluding hydrogens is 458 g/mol. The van der Waals surface area contributed by atoms with Crippen molar-refractivity contribution in [3.05, 3.63) is 90.0 Å². The molecule has 1 saturated heterocycles. The molecule has 3 aliphatic rings. The van der Waals surface area contributed by atoms with Crippen molar-refractivity contribution in [3.63, 3.8) is 0 Å². The average molecular weight is 482 g/mol. The standard InChI is InChI=1S/C29H23NO6/c31-26-24-18-10-11-19(16-18)25(24)27(32)30(26)20-14-12-17(13-15-20)28(33)36-23-9-5-4-8-22(23)29(34)35-21-6-2-1-3-7-21/h1-9,12-15,18-19,24-25H,10-11,16H2/t18-,19-,24-,25+/m0/s1. The number of hydrogen-bond acceptors (Lipinski definition) is 6. The number of benzene rings is 3. The predicted molar refractivity (Wildman–Crippen MR) is 130 cm³/mol. The van der Waals surface area contributed by atoms with E-state index < -0.39 is 11.9 Å². The third-order valence-corrected chi connectivity index (χ3v) is 7.55. The highest BCUT2D eigenvalue weighted by Gasteiger charge is 2.61. The molecule has 7 heteroatoms. The van der Waals surface area contributed by atoms with Gasteiger partial charge >= 0.3 is 11.9 Å². The van der Waals surface area contributed by atoms with E-state index in [1.807, 2.05) is 6.07 Å². The molecule has 180 valence electrons. The van der Waals surface area contributed by atoms with Crippen molar-refractivity contribution < 1.29 is 28.7 Å². The summed E-state index contributed by atoms with van der Waals surface area (Å²) in [7, 11) is 0. The highest BCUT2D eigenvalue weighted by atomic mass is 16.5. The minimum absolute atomic E-state index is 0.0701. The third kappa shape index (κ3) is 3.68. The molecule has 0 unspecified atom stereocenters. The van der Waals surface area contributed by atoms with Crippen LogP contribution in [0.4, 0.5) is 5.69 Å². The summed E-state index contributed by atoms with van der Waals surface area (Å²) in [4.78, 5) is 52.9. The minimum atomic E-state index is -0.671. The number of carbonyl (C=O) groups excluding carboxylic acids is 4. The second-order valence-electron chi connectivity index (χ2n) is 9.53. The van der Waals surface area contributed by atoms with Gasteiger partial charge in [-0.05, 0) is 79.6 Å². The van der Waals surface area contributed by atoms with Crippen LogP contribution >= 0.6 is 0 Å². The molecule has 4 atom stereocenters. The predicted octanol–water partition coefficient (Wildman–Crippen LogP) is 4.66. The molecule has 3 aromatic carbocycles. The summed E-state index contributed by atoms with van der Waals surface area (Å²) in [6, 6.07) is 21.2. The Balaban J connectivity index is 1.17. The van der Waals surface area contributed by atoms with Crippen LogP contribution in [0.1, 0.15) is 40.0 Å². The van der Waals surface area contributed by atoms with E-state index in [2.05, 4.69) is 0 Å². The summed E-state index contributed by atoms with van der Waals surface area (Å²) in [6.07, 6.45) is 3.01. The van der Waals surface area contributed by atoms with E-state index in [0.29, 0.717) is 23.3 Å². The van der Waals surface area contributed by atoms with E-state index >= 15 is 0 Å². The number of esters is 2. The average Bonchev–Trinajstić information content (AvgIpc) is 3.58. The molecule has 1 aliphatic heterocycles. The quantitative estimate of drug-likeness (QED) is 0.299. The smallest absolute Gasteiger partial charge is 0.347 e. The zero-order valence-electron chi connectivity index (χ0n) is 19.3. The second-order valence-corrected chi connectivity index (χ2v) is 9.53. The van der Waals surface area contributed by atoms with Gasteiger partial charge in [-0.2, -0.15) is 0 Å². The zero-order chi connectivity index (χ0) is 24.8. The van der Waals surface area contributed by atoms with Gasteiger partial charge in [-0.25, -0.2) is 9.59 Å². The Morgan fingerprint density at radius 2 is 1.31 bits per heavy atom. The van der Waals surface area contributed by atoms with Gasteiger partial charge in [0.2, 0.25) is 11.8 Å². The lowest BCUT2D eigenvalue weighted by molar-refractivity contribution is -0.123. The molecule has 2 bridgehead atoms. The molecule has 0 N–H and O–H groups in total. The van der Waals surface area contributed by atoms with Crippen LogP contribution in [-0.2, 0) is 9.59 Å². The number of carbonyl (C=O) groups is 4. The van der Waals surface area contributed by atoms with Crippen LogP contribution in [0.2, 0.25) is 0 Å². The topological polar surface area (TPSA) is 90.0 Å². The molecule has 2 aliphatic carbocycles. The number of nitrogens with zero attached hydrogens (tertiary/aromatic N) is 1. The first-order valence-corrected chi connectivity index (χ1v) is 12.1. The molecule has 0 spiro atoms. The summed E-state index contributed by atoms with van der Waals surface area (Å²) >= 11 is 0. The van der Waals surface area contributed by atoms with Crippen molar-refractivity contribution >= 4 is 29.4 Å². The lowest BCUT2D eigenvalue weighted by Crippen LogP contribution is -2.32. The fraction of sp³-hybridized carbons (Fsp3) is 0.241. The SMILES string of the molecule is O=C(Oc1ccccc1C(=O)Oc1ccccc1)c1ccc(N2C(=O)[C@@H]3[C@H]4CC[C@@H](C4)[C@@H]3C2=O)cc1. The van der Waals surface area contributed by atoms with E-state index in [1.165, 1.54) is 29.2 Å². The largest absolute Gasteiger partial charge is 0.423 e. The van der Waals surface area contributed by atoms with Crippen LogP contribution < -0.4 is 14.4 Å². The maximum Gasteiger partial charge on any atom is 0.347 e. The van der Waals surface area contributed by atoms with Crippen LogP contribution in [0, 0.1) is 23.7 Å². The Hall–Kier alpha value is -4.26. The van der Waals surface area contributed by atoms with Crippen molar-refractivity contribution in [1.29, 1.82) is 0 Å². The highest BCUT2D eigenvalue weighted by molar-refractivity contribution is 6.22. The molecule has 2 saturated carbocycles. The van der Waals surface area contributed by atoms with Gasteiger partial charge in [0.25, 0.3) is 0 Å². The molecule has 6 rings (SSSR count). The first-order chi connectivity index (χ1) is 17.5. The van der Waals surface area contributed by atoms with E-state index in [0.717, 1.165) is 19.3 Å². The van der Waals surface area contributed by atoms with Gasteiger partial charge < -0.3 is 9.47 Å². The normalized spacial score (nSPS) is 24.1. The molecule has 3 fully saturated rings. The molecule has 1 heterocycles. The maximum absolute atomic E-state index is 13.0. The van der Waals surface area contributed by atoms with Crippen molar-refractivity contribution in [3.8, 4) is 11.5 Å². The van der Waals surface area contributed by atoms with Crippen LogP contribution in [-0.4, -0.2) is 23.8 Å². The number of rotatable bonds is 5. The summed E-state index contributed by atoms with van der Waals surface area (Å²) in [5.74, 6) is -0.907. The fourth-order valence-corrected chi connectivity index (χ4v) is 5.94. The number of para-hydroxylation sites is 2. The first-order valence-electron chi connectivity index (χ1n) is 12.1. The van der Waals surface area contributed by atoms with Crippen molar-refractivity contribution in [2.45, 2.75) is 19.3 Å². The molecule has 7 nitrogen and oxygen atoms in total. The first kappa shape index (κ1) is 22.2. The van der Waals surface area contributed by atoms with Crippen LogP contribution in [0.3, 0.4) is 0 Å². The molecule has 0 radical (unpaired) electrons. The van der Waals surface area contributed by atoms with Gasteiger partial charge in [-0.3, -0.25) is 14.5 Å². The summed E-state index contributed by atoms with van der Waals surface area (Å²) in [5.41, 5.74) is 0.798. The highest BCUT2D eigenvalue weighted by Crippen LogP contribution is 2.56. The summed E-state index contributed by atoms with van der Waals surface area (Å²) in [6.45, 7) is 0. The van der Waals surface area contributed by atoms with Gasteiger partial charge in [0.1, 0.15) is 17.1 Å². The van der Waals surface area contributed by atoms with E-state index in [4.69, 9.17) is 9.47 Å². The molecule has 2 amide bonds. The van der Waals surface area contributed by atoms with Gasteiger partial charge in [-0.15, -0.1) is 0 Å². The van der Waals surface area contributed by atoms with E-state index in [-0.39, 0.29) is 40.5 Å². The minimum Gasteiger partial charge on any atom is -0.423 e. The third-order valence-electron chi connectivity index (χ3n) is 7.55. The van der Waals surface area contributed by atoms with Crippen LogP contribution in [0.25, 0.3) is 0 Å². The Bertz CT molecular complexity index is 1340. The zero-order valence-corrected chi connectivity index (χ0v) is 19.3. The van der Waals surface area contributed by atoms with Crippen molar-refractivity contribution in [2.75, 3.05) is 4.90 Å². The van der Waals surface area contributed by atoms with Crippen LogP contribution in [0.5, 0.6) is 11.5 Å². The fourth-order valence-electron chi connectivity index (χ4n) is 5.94. The number of amides is 2. The van der Waals surface area contributed by atoms with Gasteiger partial charge in [0.15, 0.2) is 0 Å². The second kappa shape index (κ2) is 8.75. The van der Waals surface area contributed by atoms with Crippen molar-refractivity contribution in [2.24, 2.45) is 23.7 Å².